The molecule has 0 saturated carbocycles. The third kappa shape index (κ3) is 2.75. The van der Waals surface area contributed by atoms with Gasteiger partial charge in [0.25, 0.3) is 0 Å². The van der Waals surface area contributed by atoms with Gasteiger partial charge in [0.1, 0.15) is 4.83 Å². The summed E-state index contributed by atoms with van der Waals surface area (Å²) < 4.78 is 7.05. The monoisotopic (exact) mass is 300 g/mol. The highest BCUT2D eigenvalue weighted by Crippen LogP contribution is 2.28. The van der Waals surface area contributed by atoms with Crippen molar-refractivity contribution in [3.05, 3.63) is 52.3 Å². The van der Waals surface area contributed by atoms with E-state index in [0.717, 1.165) is 21.5 Å². The molecule has 2 heterocycles. The van der Waals surface area contributed by atoms with Gasteiger partial charge in [0.15, 0.2) is 0 Å². The van der Waals surface area contributed by atoms with Gasteiger partial charge in [-0.15, -0.1) is 11.3 Å². The molecule has 21 heavy (non-hydrogen) atoms. The first kappa shape index (κ1) is 14.0. The van der Waals surface area contributed by atoms with Crippen LogP contribution in [0.4, 0.5) is 0 Å². The van der Waals surface area contributed by atoms with Gasteiger partial charge in [-0.1, -0.05) is 30.3 Å². The number of rotatable bonds is 5. The minimum Gasteiger partial charge on any atom is -0.380 e. The minimum absolute atomic E-state index is 0.219. The first-order valence-corrected chi connectivity index (χ1v) is 7.80. The van der Waals surface area contributed by atoms with Crippen LogP contribution < -0.4 is 5.69 Å². The van der Waals surface area contributed by atoms with Crippen LogP contribution in [-0.2, 0) is 11.3 Å². The summed E-state index contributed by atoms with van der Waals surface area (Å²) in [6, 6.07) is 11.8. The summed E-state index contributed by atoms with van der Waals surface area (Å²) in [5.41, 5.74) is 1.50. The topological polar surface area (TPSA) is 44.1 Å². The molecule has 0 unspecified atom stereocenters. The average Bonchev–Trinajstić information content (AvgIpc) is 2.99. The minimum atomic E-state index is -0.219. The van der Waals surface area contributed by atoms with E-state index in [1.807, 2.05) is 48.7 Å². The molecule has 0 amide bonds. The predicted octanol–water partition coefficient (Wildman–Crippen LogP) is 3.16. The highest BCUT2D eigenvalue weighted by molar-refractivity contribution is 7.16. The summed E-state index contributed by atoms with van der Waals surface area (Å²) in [6.45, 7) is 3.65. The van der Waals surface area contributed by atoms with Crippen LogP contribution in [0.2, 0.25) is 0 Å². The lowest BCUT2D eigenvalue weighted by atomic mass is 10.1. The van der Waals surface area contributed by atoms with Crippen molar-refractivity contribution in [2.24, 2.45) is 0 Å². The number of nitrogens with zero attached hydrogens (tertiary/aromatic N) is 2. The molecule has 2 aromatic heterocycles. The van der Waals surface area contributed by atoms with Gasteiger partial charge in [-0.2, -0.15) is 4.98 Å². The second-order valence-electron chi connectivity index (χ2n) is 4.60. The zero-order valence-corrected chi connectivity index (χ0v) is 12.6. The van der Waals surface area contributed by atoms with Crippen LogP contribution in [0, 0.1) is 0 Å². The van der Waals surface area contributed by atoms with Crippen molar-refractivity contribution in [3.63, 3.8) is 0 Å². The number of thiophene rings is 1. The van der Waals surface area contributed by atoms with Gasteiger partial charge in [0.05, 0.1) is 18.8 Å². The van der Waals surface area contributed by atoms with E-state index in [-0.39, 0.29) is 5.69 Å². The number of aromatic nitrogens is 2. The lowest BCUT2D eigenvalue weighted by Gasteiger charge is -2.09. The molecule has 108 valence electrons. The first-order chi connectivity index (χ1) is 10.3. The normalized spacial score (nSPS) is 11.1. The fourth-order valence-electron chi connectivity index (χ4n) is 2.31. The van der Waals surface area contributed by atoms with E-state index in [4.69, 9.17) is 4.74 Å². The third-order valence-corrected chi connectivity index (χ3v) is 4.23. The molecule has 3 aromatic rings. The van der Waals surface area contributed by atoms with Gasteiger partial charge < -0.3 is 4.74 Å². The van der Waals surface area contributed by atoms with E-state index in [1.165, 1.54) is 0 Å². The Balaban J connectivity index is 2.11. The van der Waals surface area contributed by atoms with Gasteiger partial charge in [-0.3, -0.25) is 4.57 Å². The largest absolute Gasteiger partial charge is 0.380 e. The molecule has 0 aliphatic rings. The summed E-state index contributed by atoms with van der Waals surface area (Å²) in [5, 5.41) is 3.01. The Hall–Kier alpha value is -1.98. The number of benzene rings is 1. The van der Waals surface area contributed by atoms with Crippen molar-refractivity contribution in [1.29, 1.82) is 0 Å². The molecule has 4 nitrogen and oxygen atoms in total. The first-order valence-electron chi connectivity index (χ1n) is 6.92. The van der Waals surface area contributed by atoms with Crippen molar-refractivity contribution in [2.75, 3.05) is 13.2 Å². The summed E-state index contributed by atoms with van der Waals surface area (Å²) in [6.07, 6.45) is 0. The zero-order chi connectivity index (χ0) is 14.7. The molecule has 1 aromatic carbocycles. The van der Waals surface area contributed by atoms with E-state index < -0.39 is 0 Å². The van der Waals surface area contributed by atoms with Gasteiger partial charge >= 0.3 is 5.69 Å². The van der Waals surface area contributed by atoms with Crippen molar-refractivity contribution < 1.29 is 4.74 Å². The molecule has 0 fully saturated rings. The molecule has 3 rings (SSSR count). The molecule has 0 saturated heterocycles. The highest BCUT2D eigenvalue weighted by Gasteiger charge is 2.12. The maximum atomic E-state index is 12.3. The van der Waals surface area contributed by atoms with Crippen molar-refractivity contribution in [1.82, 2.24) is 9.55 Å². The Morgan fingerprint density at radius 3 is 2.81 bits per heavy atom. The predicted molar refractivity (Wildman–Crippen MR) is 85.8 cm³/mol. The third-order valence-electron chi connectivity index (χ3n) is 3.29. The Morgan fingerprint density at radius 1 is 1.24 bits per heavy atom. The van der Waals surface area contributed by atoms with Crippen molar-refractivity contribution in [3.8, 4) is 11.3 Å². The molecular formula is C16H16N2O2S. The van der Waals surface area contributed by atoms with E-state index in [1.54, 1.807) is 15.9 Å². The maximum Gasteiger partial charge on any atom is 0.349 e. The number of hydrogen-bond acceptors (Lipinski definition) is 4. The molecular weight excluding hydrogens is 284 g/mol. The van der Waals surface area contributed by atoms with E-state index in [0.29, 0.717) is 19.8 Å². The fourth-order valence-corrected chi connectivity index (χ4v) is 3.23. The maximum absolute atomic E-state index is 12.3. The zero-order valence-electron chi connectivity index (χ0n) is 11.8. The van der Waals surface area contributed by atoms with E-state index in [2.05, 4.69) is 4.98 Å². The summed E-state index contributed by atoms with van der Waals surface area (Å²) >= 11 is 1.56. The Morgan fingerprint density at radius 2 is 2.05 bits per heavy atom. The summed E-state index contributed by atoms with van der Waals surface area (Å²) in [7, 11) is 0. The second-order valence-corrected chi connectivity index (χ2v) is 5.49. The quantitative estimate of drug-likeness (QED) is 0.680. The number of fused-ring (bicyclic) bond motifs is 1. The second kappa shape index (κ2) is 6.20. The summed E-state index contributed by atoms with van der Waals surface area (Å²) in [4.78, 5) is 17.6. The lowest BCUT2D eigenvalue weighted by molar-refractivity contribution is 0.139. The molecule has 0 radical (unpaired) electrons. The Kier molecular flexibility index (Phi) is 4.13. The molecule has 0 spiro atoms. The molecule has 0 bridgehead atoms. The molecule has 5 heteroatoms. The highest BCUT2D eigenvalue weighted by atomic mass is 32.1. The summed E-state index contributed by atoms with van der Waals surface area (Å²) in [5.74, 6) is 0. The number of ether oxygens (including phenoxy) is 1. The van der Waals surface area contributed by atoms with Crippen LogP contribution in [-0.4, -0.2) is 22.8 Å². The van der Waals surface area contributed by atoms with Gasteiger partial charge in [-0.25, -0.2) is 4.79 Å². The van der Waals surface area contributed by atoms with Crippen LogP contribution in [0.3, 0.4) is 0 Å². The number of hydrogen-bond donors (Lipinski definition) is 0. The fraction of sp³-hybridized carbons (Fsp3) is 0.250. The van der Waals surface area contributed by atoms with Crippen LogP contribution in [0.25, 0.3) is 21.5 Å². The van der Waals surface area contributed by atoms with Gasteiger partial charge in [0, 0.05) is 17.6 Å². The van der Waals surface area contributed by atoms with Crippen molar-refractivity contribution >= 4 is 21.6 Å². The average molecular weight is 300 g/mol. The van der Waals surface area contributed by atoms with Gasteiger partial charge in [0.2, 0.25) is 0 Å². The van der Waals surface area contributed by atoms with E-state index >= 15 is 0 Å². The van der Waals surface area contributed by atoms with Crippen LogP contribution in [0.1, 0.15) is 6.92 Å². The molecule has 0 aliphatic heterocycles. The smallest absolute Gasteiger partial charge is 0.349 e. The van der Waals surface area contributed by atoms with Gasteiger partial charge in [-0.05, 0) is 18.4 Å². The van der Waals surface area contributed by atoms with Crippen LogP contribution >= 0.6 is 11.3 Å². The molecule has 0 atom stereocenters. The van der Waals surface area contributed by atoms with Crippen LogP contribution in [0.15, 0.2) is 46.6 Å². The Labute approximate surface area is 126 Å². The van der Waals surface area contributed by atoms with Crippen molar-refractivity contribution in [2.45, 2.75) is 13.5 Å². The molecule has 0 N–H and O–H groups in total. The lowest BCUT2D eigenvalue weighted by Crippen LogP contribution is -2.25. The standard InChI is InChI=1S/C16H16N2O2S/c1-2-20-10-9-18-15-13(8-11-21-15)14(17-16(18)19)12-6-4-3-5-7-12/h3-8,11H,2,9-10H2,1H3. The molecule has 0 aliphatic carbocycles. The Bertz CT molecular complexity index is 793. The SMILES string of the molecule is CCOCCn1c(=O)nc(-c2ccccc2)c2ccsc21. The van der Waals surface area contributed by atoms with E-state index in [9.17, 15) is 4.79 Å². The van der Waals surface area contributed by atoms with Crippen LogP contribution in [0.5, 0.6) is 0 Å².